The number of methoxy groups -OCH3 is 1. The molecule has 2 aromatic rings. The van der Waals surface area contributed by atoms with Gasteiger partial charge in [-0.3, -0.25) is 9.59 Å². The molecule has 3 amide bonds. The van der Waals surface area contributed by atoms with Crippen molar-refractivity contribution in [2.24, 2.45) is 17.8 Å². The number of hydrogen-bond acceptors (Lipinski definition) is 8. The van der Waals surface area contributed by atoms with E-state index in [4.69, 9.17) is 9.15 Å². The van der Waals surface area contributed by atoms with E-state index in [0.29, 0.717) is 34.8 Å². The Bertz CT molecular complexity index is 1260. The van der Waals surface area contributed by atoms with E-state index in [9.17, 15) is 24.6 Å². The summed E-state index contributed by atoms with van der Waals surface area (Å²) < 4.78 is 16.5. The van der Waals surface area contributed by atoms with Crippen LogP contribution in [0, 0.1) is 17.8 Å². The van der Waals surface area contributed by atoms with Crippen LogP contribution >= 0.6 is 0 Å². The molecule has 3 aliphatic rings. The second-order valence-corrected chi connectivity index (χ2v) is 9.50. The minimum atomic E-state index is -0.980. The summed E-state index contributed by atoms with van der Waals surface area (Å²) >= 11 is 0. The molecule has 1 aliphatic carbocycles. The standard InChI is InChI=1S/C28H29NO8/c1-35-28(34)29-26(32)21-12-18(13-30)24-22(25(21)27(29)33)15-36-23(24)10-7-17(16-5-3-2-4-6-16)11-19-8-9-20(14-31)37-19/h2-6,8-9,11,21-23,25,30-31H,7,10,12-15H2,1H3/b17-11-/t21-,22+,23-,25-/m1/s1. The van der Waals surface area contributed by atoms with Crippen LogP contribution in [-0.2, 0) is 25.7 Å². The molecule has 0 saturated carbocycles. The van der Waals surface area contributed by atoms with Crippen molar-refractivity contribution in [1.82, 2.24) is 4.90 Å². The maximum Gasteiger partial charge on any atom is 0.423 e. The van der Waals surface area contributed by atoms with Gasteiger partial charge >= 0.3 is 6.09 Å². The first kappa shape index (κ1) is 25.1. The lowest BCUT2D eigenvalue weighted by Crippen LogP contribution is -2.38. The normalized spacial score (nSPS) is 25.5. The lowest BCUT2D eigenvalue weighted by molar-refractivity contribution is -0.137. The van der Waals surface area contributed by atoms with Gasteiger partial charge in [-0.15, -0.1) is 0 Å². The molecular weight excluding hydrogens is 478 g/mol. The van der Waals surface area contributed by atoms with Gasteiger partial charge < -0.3 is 24.1 Å². The van der Waals surface area contributed by atoms with Gasteiger partial charge in [0.1, 0.15) is 18.1 Å². The number of benzene rings is 1. The lowest BCUT2D eigenvalue weighted by Gasteiger charge is -2.31. The second-order valence-electron chi connectivity index (χ2n) is 9.50. The summed E-state index contributed by atoms with van der Waals surface area (Å²) in [5.41, 5.74) is 3.59. The predicted molar refractivity (Wildman–Crippen MR) is 131 cm³/mol. The topological polar surface area (TPSA) is 127 Å². The Balaban J connectivity index is 1.40. The van der Waals surface area contributed by atoms with Gasteiger partial charge in [0.2, 0.25) is 11.8 Å². The highest BCUT2D eigenvalue weighted by Gasteiger charge is 2.58. The maximum atomic E-state index is 13.1. The fourth-order valence-electron chi connectivity index (χ4n) is 5.86. The summed E-state index contributed by atoms with van der Waals surface area (Å²) in [7, 11) is 1.13. The van der Waals surface area contributed by atoms with Crippen molar-refractivity contribution in [2.75, 3.05) is 20.3 Å². The molecule has 2 aliphatic heterocycles. The molecule has 9 nitrogen and oxygen atoms in total. The highest BCUT2D eigenvalue weighted by molar-refractivity contribution is 6.16. The summed E-state index contributed by atoms with van der Waals surface area (Å²) in [4.78, 5) is 38.7. The van der Waals surface area contributed by atoms with Gasteiger partial charge in [0.05, 0.1) is 38.3 Å². The number of amides is 3. The molecule has 4 atom stereocenters. The average Bonchev–Trinajstić information content (AvgIpc) is 3.62. The van der Waals surface area contributed by atoms with Crippen molar-refractivity contribution in [1.29, 1.82) is 0 Å². The third-order valence-corrected chi connectivity index (χ3v) is 7.53. The largest absolute Gasteiger partial charge is 0.459 e. The number of nitrogens with zero attached hydrogens (tertiary/aromatic N) is 1. The molecule has 0 spiro atoms. The number of hydrogen-bond donors (Lipinski definition) is 2. The molecule has 0 bridgehead atoms. The number of imide groups is 3. The number of allylic oxidation sites excluding steroid dienone is 1. The van der Waals surface area contributed by atoms with Crippen molar-refractivity contribution in [2.45, 2.75) is 32.0 Å². The molecular formula is C28H29NO8. The van der Waals surface area contributed by atoms with Gasteiger partial charge in [-0.05, 0) is 59.8 Å². The molecule has 9 heteroatoms. The Hall–Kier alpha value is -3.53. The Labute approximate surface area is 214 Å². The van der Waals surface area contributed by atoms with E-state index < -0.39 is 29.7 Å². The third kappa shape index (κ3) is 4.54. The van der Waals surface area contributed by atoms with Crippen molar-refractivity contribution in [3.63, 3.8) is 0 Å². The molecule has 5 rings (SSSR count). The van der Waals surface area contributed by atoms with E-state index in [1.54, 1.807) is 12.1 Å². The summed E-state index contributed by atoms with van der Waals surface area (Å²) in [6.07, 6.45) is 2.04. The van der Waals surface area contributed by atoms with E-state index in [-0.39, 0.29) is 38.3 Å². The van der Waals surface area contributed by atoms with Crippen LogP contribution in [0.1, 0.15) is 36.3 Å². The molecule has 2 saturated heterocycles. The van der Waals surface area contributed by atoms with Crippen molar-refractivity contribution in [3.05, 3.63) is 70.7 Å². The summed E-state index contributed by atoms with van der Waals surface area (Å²) in [6, 6.07) is 13.4. The van der Waals surface area contributed by atoms with E-state index in [0.717, 1.165) is 23.8 Å². The number of aliphatic hydroxyl groups is 2. The number of fused-ring (bicyclic) bond motifs is 3. The minimum Gasteiger partial charge on any atom is -0.459 e. The van der Waals surface area contributed by atoms with E-state index >= 15 is 0 Å². The minimum absolute atomic E-state index is 0.180. The summed E-state index contributed by atoms with van der Waals surface area (Å²) in [5.74, 6) is -1.82. The monoisotopic (exact) mass is 507 g/mol. The van der Waals surface area contributed by atoms with Gasteiger partial charge in [-0.2, -0.15) is 4.90 Å². The Morgan fingerprint density at radius 2 is 1.86 bits per heavy atom. The first-order valence-corrected chi connectivity index (χ1v) is 12.3. The molecule has 1 aromatic carbocycles. The Morgan fingerprint density at radius 3 is 2.54 bits per heavy atom. The SMILES string of the molecule is COC(=O)N1C(=O)[C@@H]2[C@@H](CC(CO)=C3[C@@H](CC/C(=C/c4ccc(CO)o4)c4ccccc4)OC[C@@H]32)C1=O. The number of likely N-dealkylation sites (tertiary alicyclic amines) is 1. The predicted octanol–water partition coefficient (Wildman–Crippen LogP) is 3.17. The number of carbonyl (C=O) groups is 3. The van der Waals surface area contributed by atoms with E-state index in [2.05, 4.69) is 4.74 Å². The van der Waals surface area contributed by atoms with Crippen LogP contribution in [0.3, 0.4) is 0 Å². The van der Waals surface area contributed by atoms with Crippen LogP contribution in [0.5, 0.6) is 0 Å². The summed E-state index contributed by atoms with van der Waals surface area (Å²) in [5, 5.41) is 19.5. The fraction of sp³-hybridized carbons (Fsp3) is 0.393. The van der Waals surface area contributed by atoms with E-state index in [1.165, 1.54) is 0 Å². The Kier molecular flexibility index (Phi) is 7.10. The zero-order valence-corrected chi connectivity index (χ0v) is 20.5. The van der Waals surface area contributed by atoms with Crippen LogP contribution in [0.25, 0.3) is 11.6 Å². The van der Waals surface area contributed by atoms with Gasteiger partial charge in [0, 0.05) is 5.92 Å². The highest BCUT2D eigenvalue weighted by atomic mass is 16.5. The first-order valence-electron chi connectivity index (χ1n) is 12.3. The number of furan rings is 1. The van der Waals surface area contributed by atoms with Crippen LogP contribution in [0.15, 0.2) is 58.0 Å². The van der Waals surface area contributed by atoms with Crippen molar-refractivity contribution in [3.8, 4) is 0 Å². The fourth-order valence-corrected chi connectivity index (χ4v) is 5.86. The number of ether oxygens (including phenoxy) is 2. The van der Waals surface area contributed by atoms with Crippen molar-refractivity contribution < 1.29 is 38.5 Å². The van der Waals surface area contributed by atoms with Gasteiger partial charge in [0.15, 0.2) is 0 Å². The third-order valence-electron chi connectivity index (χ3n) is 7.53. The maximum absolute atomic E-state index is 13.1. The number of rotatable bonds is 7. The molecule has 194 valence electrons. The lowest BCUT2D eigenvalue weighted by atomic mass is 9.69. The molecule has 0 radical (unpaired) electrons. The summed E-state index contributed by atoms with van der Waals surface area (Å²) in [6.45, 7) is -0.186. The number of carbonyl (C=O) groups excluding carboxylic acids is 3. The Morgan fingerprint density at radius 1 is 1.08 bits per heavy atom. The van der Waals surface area contributed by atoms with Crippen molar-refractivity contribution >= 4 is 29.6 Å². The molecule has 0 unspecified atom stereocenters. The van der Waals surface area contributed by atoms with Gasteiger partial charge in [-0.1, -0.05) is 30.3 Å². The molecule has 2 fully saturated rings. The van der Waals surface area contributed by atoms with Crippen LogP contribution in [0.2, 0.25) is 0 Å². The molecule has 37 heavy (non-hydrogen) atoms. The zero-order chi connectivity index (χ0) is 26.1. The average molecular weight is 508 g/mol. The smallest absolute Gasteiger partial charge is 0.423 e. The van der Waals surface area contributed by atoms with Crippen LogP contribution in [-0.4, -0.2) is 59.4 Å². The second kappa shape index (κ2) is 10.5. The quantitative estimate of drug-likeness (QED) is 0.432. The van der Waals surface area contributed by atoms with Gasteiger partial charge in [0.25, 0.3) is 0 Å². The van der Waals surface area contributed by atoms with Gasteiger partial charge in [-0.25, -0.2) is 4.79 Å². The molecule has 2 N–H and O–H groups in total. The van der Waals surface area contributed by atoms with E-state index in [1.807, 2.05) is 36.4 Å². The van der Waals surface area contributed by atoms with Crippen LogP contribution in [0.4, 0.5) is 4.79 Å². The molecule has 3 heterocycles. The van der Waals surface area contributed by atoms with Crippen LogP contribution < -0.4 is 0 Å². The molecule has 1 aromatic heterocycles. The first-order chi connectivity index (χ1) is 18.0. The number of aliphatic hydroxyl groups excluding tert-OH is 2. The highest BCUT2D eigenvalue weighted by Crippen LogP contribution is 2.50. The zero-order valence-electron chi connectivity index (χ0n) is 20.5.